The summed E-state index contributed by atoms with van der Waals surface area (Å²) in [6.45, 7) is 2.73. The molecule has 0 fully saturated rings. The normalized spacial score (nSPS) is 20.9. The lowest BCUT2D eigenvalue weighted by Gasteiger charge is -2.24. The van der Waals surface area contributed by atoms with Gasteiger partial charge in [0.2, 0.25) is 0 Å². The zero-order valence-corrected chi connectivity index (χ0v) is 9.66. The van der Waals surface area contributed by atoms with Gasteiger partial charge in [-0.2, -0.15) is 0 Å². The van der Waals surface area contributed by atoms with Crippen LogP contribution in [0.3, 0.4) is 0 Å². The van der Waals surface area contributed by atoms with Crippen molar-refractivity contribution in [3.05, 3.63) is 21.1 Å². The highest BCUT2D eigenvalue weighted by atomic mass is 79.9. The molecule has 0 aromatic rings. The van der Waals surface area contributed by atoms with Crippen LogP contribution >= 0.6 is 39.1 Å². The van der Waals surface area contributed by atoms with Crippen molar-refractivity contribution in [2.75, 3.05) is 19.6 Å². The molecule has 0 unspecified atom stereocenters. The summed E-state index contributed by atoms with van der Waals surface area (Å²) < 4.78 is 1.23. The topological polar surface area (TPSA) is 3.24 Å². The summed E-state index contributed by atoms with van der Waals surface area (Å²) in [7, 11) is 0. The fourth-order valence-corrected chi connectivity index (χ4v) is 1.97. The quantitative estimate of drug-likeness (QED) is 0.744. The Hall–Kier alpha value is 0.500. The Morgan fingerprint density at radius 1 is 1.75 bits per heavy atom. The third kappa shape index (κ3) is 3.48. The van der Waals surface area contributed by atoms with Crippen LogP contribution in [0.2, 0.25) is 0 Å². The highest BCUT2D eigenvalue weighted by Crippen LogP contribution is 2.17. The van der Waals surface area contributed by atoms with Gasteiger partial charge in [0.15, 0.2) is 0 Å². The van der Waals surface area contributed by atoms with Gasteiger partial charge in [0.1, 0.15) is 0 Å². The van der Waals surface area contributed by atoms with Crippen molar-refractivity contribution in [3.8, 4) is 0 Å². The summed E-state index contributed by atoms with van der Waals surface area (Å²) in [6.07, 6.45) is 3.27. The van der Waals surface area contributed by atoms with Crippen molar-refractivity contribution < 1.29 is 0 Å². The SMILES string of the molecule is Cl/C=C(/Cl)CN1CCC=C(Br)C1. The average molecular weight is 271 g/mol. The molecule has 0 amide bonds. The van der Waals surface area contributed by atoms with Gasteiger partial charge in [-0.1, -0.05) is 45.2 Å². The van der Waals surface area contributed by atoms with Crippen LogP contribution in [0.1, 0.15) is 6.42 Å². The number of rotatable bonds is 2. The molecular weight excluding hydrogens is 261 g/mol. The van der Waals surface area contributed by atoms with Gasteiger partial charge in [-0.15, -0.1) is 0 Å². The largest absolute Gasteiger partial charge is 0.293 e. The lowest BCUT2D eigenvalue weighted by molar-refractivity contribution is 0.326. The Balaban J connectivity index is 2.40. The number of halogens is 3. The molecule has 0 spiro atoms. The molecule has 0 aromatic carbocycles. The van der Waals surface area contributed by atoms with Gasteiger partial charge in [-0.3, -0.25) is 4.90 Å². The molecule has 1 aliphatic heterocycles. The average Bonchev–Trinajstić information content (AvgIpc) is 2.04. The summed E-state index contributed by atoms with van der Waals surface area (Å²) in [6, 6.07) is 0. The summed E-state index contributed by atoms with van der Waals surface area (Å²) in [5.74, 6) is 0. The lowest BCUT2D eigenvalue weighted by atomic mass is 10.2. The maximum Gasteiger partial charge on any atom is 0.0434 e. The molecule has 0 N–H and O–H groups in total. The second-order valence-corrected chi connectivity index (χ2v) is 4.43. The zero-order valence-electron chi connectivity index (χ0n) is 6.56. The molecule has 12 heavy (non-hydrogen) atoms. The second-order valence-electron chi connectivity index (χ2n) is 2.71. The van der Waals surface area contributed by atoms with E-state index in [1.165, 1.54) is 10.0 Å². The third-order valence-electron chi connectivity index (χ3n) is 1.68. The van der Waals surface area contributed by atoms with E-state index in [2.05, 4.69) is 26.9 Å². The van der Waals surface area contributed by atoms with Crippen LogP contribution in [0.25, 0.3) is 0 Å². The zero-order chi connectivity index (χ0) is 8.97. The van der Waals surface area contributed by atoms with Crippen LogP contribution in [0.4, 0.5) is 0 Å². The van der Waals surface area contributed by atoms with Gasteiger partial charge in [0.05, 0.1) is 0 Å². The fourth-order valence-electron chi connectivity index (χ4n) is 1.14. The second kappa shape index (κ2) is 5.28. The van der Waals surface area contributed by atoms with Crippen LogP contribution in [0, 0.1) is 0 Å². The smallest absolute Gasteiger partial charge is 0.0434 e. The molecule has 68 valence electrons. The standard InChI is InChI=1S/C8H10BrCl2N/c9-7-2-1-3-12(5-7)6-8(11)4-10/h2,4H,1,3,5-6H2/b8-4+. The number of hydrogen-bond acceptors (Lipinski definition) is 1. The number of hydrogen-bond donors (Lipinski definition) is 0. The van der Waals surface area contributed by atoms with Crippen molar-refractivity contribution in [1.29, 1.82) is 0 Å². The van der Waals surface area contributed by atoms with E-state index >= 15 is 0 Å². The molecule has 0 aromatic heterocycles. The summed E-state index contributed by atoms with van der Waals surface area (Å²) >= 11 is 14.7. The Morgan fingerprint density at radius 3 is 3.08 bits per heavy atom. The molecule has 1 rings (SSSR count). The monoisotopic (exact) mass is 269 g/mol. The predicted molar refractivity (Wildman–Crippen MR) is 57.9 cm³/mol. The van der Waals surface area contributed by atoms with Crippen molar-refractivity contribution in [2.45, 2.75) is 6.42 Å². The van der Waals surface area contributed by atoms with Crippen LogP contribution in [-0.2, 0) is 0 Å². The summed E-state index contributed by atoms with van der Waals surface area (Å²) in [5.41, 5.74) is 1.42. The Labute approximate surface area is 91.1 Å². The molecule has 1 nitrogen and oxygen atoms in total. The molecule has 0 aliphatic carbocycles. The Morgan fingerprint density at radius 2 is 2.50 bits per heavy atom. The maximum absolute atomic E-state index is 5.80. The van der Waals surface area contributed by atoms with Gasteiger partial charge in [0, 0.05) is 34.7 Å². The summed E-state index contributed by atoms with van der Waals surface area (Å²) in [4.78, 5) is 2.24. The van der Waals surface area contributed by atoms with E-state index in [9.17, 15) is 0 Å². The molecule has 0 bridgehead atoms. The van der Waals surface area contributed by atoms with Gasteiger partial charge in [0.25, 0.3) is 0 Å². The first kappa shape index (κ1) is 10.6. The molecule has 0 saturated heterocycles. The maximum atomic E-state index is 5.80. The van der Waals surface area contributed by atoms with E-state index in [0.717, 1.165) is 26.1 Å². The van der Waals surface area contributed by atoms with E-state index in [-0.39, 0.29) is 0 Å². The predicted octanol–water partition coefficient (Wildman–Crippen LogP) is 3.29. The van der Waals surface area contributed by atoms with Gasteiger partial charge in [-0.25, -0.2) is 0 Å². The third-order valence-corrected chi connectivity index (χ3v) is 2.86. The van der Waals surface area contributed by atoms with Crippen molar-refractivity contribution in [2.24, 2.45) is 0 Å². The fraction of sp³-hybridized carbons (Fsp3) is 0.500. The first-order chi connectivity index (χ1) is 5.72. The lowest BCUT2D eigenvalue weighted by Crippen LogP contribution is -2.29. The Kier molecular flexibility index (Phi) is 4.65. The van der Waals surface area contributed by atoms with Crippen molar-refractivity contribution in [3.63, 3.8) is 0 Å². The first-order valence-electron chi connectivity index (χ1n) is 3.74. The summed E-state index contributed by atoms with van der Waals surface area (Å²) in [5, 5.41) is 0.693. The minimum atomic E-state index is 0.693. The van der Waals surface area contributed by atoms with Gasteiger partial charge >= 0.3 is 0 Å². The van der Waals surface area contributed by atoms with Gasteiger partial charge in [-0.05, 0) is 6.42 Å². The Bertz CT molecular complexity index is 213. The minimum absolute atomic E-state index is 0.693. The van der Waals surface area contributed by atoms with E-state index in [1.807, 2.05) is 0 Å². The molecule has 0 saturated carbocycles. The molecular formula is C8H10BrCl2N. The van der Waals surface area contributed by atoms with Gasteiger partial charge < -0.3 is 0 Å². The minimum Gasteiger partial charge on any atom is -0.293 e. The van der Waals surface area contributed by atoms with Crippen LogP contribution in [-0.4, -0.2) is 24.5 Å². The van der Waals surface area contributed by atoms with E-state index < -0.39 is 0 Å². The molecule has 0 radical (unpaired) electrons. The molecule has 1 aliphatic rings. The highest BCUT2D eigenvalue weighted by molar-refractivity contribution is 9.11. The van der Waals surface area contributed by atoms with E-state index in [1.54, 1.807) is 0 Å². The van der Waals surface area contributed by atoms with Crippen molar-refractivity contribution >= 4 is 39.1 Å². The first-order valence-corrected chi connectivity index (χ1v) is 5.34. The van der Waals surface area contributed by atoms with E-state index in [4.69, 9.17) is 23.2 Å². The molecule has 1 heterocycles. The number of nitrogens with zero attached hydrogens (tertiary/aromatic N) is 1. The van der Waals surface area contributed by atoms with Crippen LogP contribution in [0.15, 0.2) is 21.1 Å². The van der Waals surface area contributed by atoms with Crippen molar-refractivity contribution in [1.82, 2.24) is 4.90 Å². The van der Waals surface area contributed by atoms with Crippen LogP contribution < -0.4 is 0 Å². The molecule has 4 heteroatoms. The molecule has 0 atom stereocenters. The van der Waals surface area contributed by atoms with E-state index in [0.29, 0.717) is 5.03 Å². The van der Waals surface area contributed by atoms with Crippen LogP contribution in [0.5, 0.6) is 0 Å². The highest BCUT2D eigenvalue weighted by Gasteiger charge is 2.10.